The van der Waals surface area contributed by atoms with Crippen molar-refractivity contribution in [3.8, 4) is 0 Å². The summed E-state index contributed by atoms with van der Waals surface area (Å²) in [5.41, 5.74) is 7.95. The number of hydrogen-bond donors (Lipinski definition) is 2. The van der Waals surface area contributed by atoms with Gasteiger partial charge in [-0.2, -0.15) is 0 Å². The van der Waals surface area contributed by atoms with E-state index in [2.05, 4.69) is 0 Å². The predicted octanol–water partition coefficient (Wildman–Crippen LogP) is 2.01. The lowest BCUT2D eigenvalue weighted by molar-refractivity contribution is 0.125. The molecule has 0 aromatic heterocycles. The average molecular weight is 193 g/mol. The van der Waals surface area contributed by atoms with Crippen LogP contribution in [0.1, 0.15) is 31.1 Å². The maximum atomic E-state index is 9.96. The number of aliphatic hydroxyl groups excluding tert-OH is 1. The Morgan fingerprint density at radius 1 is 1.29 bits per heavy atom. The molecule has 0 bridgehead atoms. The third-order valence-corrected chi connectivity index (χ3v) is 2.52. The first-order chi connectivity index (χ1) is 6.52. The molecule has 78 valence electrons. The molecular weight excluding hydrogens is 174 g/mol. The van der Waals surface area contributed by atoms with Gasteiger partial charge in [0.2, 0.25) is 0 Å². The molecule has 0 saturated heterocycles. The fraction of sp³-hybridized carbons (Fsp3) is 0.500. The highest BCUT2D eigenvalue weighted by Gasteiger charge is 2.19. The van der Waals surface area contributed by atoms with E-state index in [-0.39, 0.29) is 12.0 Å². The quantitative estimate of drug-likeness (QED) is 0.771. The van der Waals surface area contributed by atoms with E-state index in [0.29, 0.717) is 0 Å². The Balaban J connectivity index is 2.83. The molecule has 0 amide bonds. The lowest BCUT2D eigenvalue weighted by Gasteiger charge is -2.22. The third kappa shape index (κ3) is 2.56. The van der Waals surface area contributed by atoms with Gasteiger partial charge in [0.15, 0.2) is 0 Å². The smallest absolute Gasteiger partial charge is 0.0943 e. The van der Waals surface area contributed by atoms with Crippen molar-refractivity contribution in [1.82, 2.24) is 0 Å². The Bertz CT molecular complexity index is 296. The van der Waals surface area contributed by atoms with E-state index in [0.717, 1.165) is 11.1 Å². The van der Waals surface area contributed by atoms with Gasteiger partial charge in [-0.05, 0) is 18.4 Å². The molecule has 0 saturated carbocycles. The van der Waals surface area contributed by atoms with Crippen molar-refractivity contribution in [2.24, 2.45) is 11.7 Å². The van der Waals surface area contributed by atoms with Gasteiger partial charge < -0.3 is 10.8 Å². The Morgan fingerprint density at radius 2 is 1.93 bits per heavy atom. The van der Waals surface area contributed by atoms with Crippen molar-refractivity contribution in [2.45, 2.75) is 32.9 Å². The van der Waals surface area contributed by atoms with Crippen LogP contribution in [0.4, 0.5) is 0 Å². The molecule has 0 aliphatic rings. The molecule has 0 fully saturated rings. The molecule has 2 heteroatoms. The molecule has 1 aromatic carbocycles. The van der Waals surface area contributed by atoms with Gasteiger partial charge in [-0.1, -0.05) is 43.7 Å². The molecular formula is C12H19NO. The van der Waals surface area contributed by atoms with E-state index >= 15 is 0 Å². The highest BCUT2D eigenvalue weighted by Crippen LogP contribution is 2.20. The molecule has 1 aromatic rings. The minimum absolute atomic E-state index is 0.197. The topological polar surface area (TPSA) is 46.2 Å². The summed E-state index contributed by atoms with van der Waals surface area (Å²) in [6.07, 6.45) is -0.560. The number of nitrogens with two attached hydrogens (primary N) is 1. The zero-order valence-corrected chi connectivity index (χ0v) is 9.07. The first kappa shape index (κ1) is 11.2. The summed E-state index contributed by atoms with van der Waals surface area (Å²) in [6, 6.07) is 7.65. The Morgan fingerprint density at radius 3 is 2.43 bits per heavy atom. The fourth-order valence-corrected chi connectivity index (χ4v) is 1.44. The van der Waals surface area contributed by atoms with Crippen LogP contribution in [0.2, 0.25) is 0 Å². The van der Waals surface area contributed by atoms with Crippen molar-refractivity contribution >= 4 is 0 Å². The predicted molar refractivity (Wildman–Crippen MR) is 59.0 cm³/mol. The van der Waals surface area contributed by atoms with Crippen LogP contribution >= 0.6 is 0 Å². The van der Waals surface area contributed by atoms with Gasteiger partial charge in [0.05, 0.1) is 6.10 Å². The largest absolute Gasteiger partial charge is 0.387 e. The zero-order chi connectivity index (χ0) is 10.7. The van der Waals surface area contributed by atoms with Crippen LogP contribution < -0.4 is 5.73 Å². The molecule has 0 unspecified atom stereocenters. The number of rotatable bonds is 3. The van der Waals surface area contributed by atoms with Crippen LogP contribution in [0.5, 0.6) is 0 Å². The maximum Gasteiger partial charge on any atom is 0.0943 e. The fourth-order valence-electron chi connectivity index (χ4n) is 1.44. The average Bonchev–Trinajstić information content (AvgIpc) is 2.15. The van der Waals surface area contributed by atoms with E-state index < -0.39 is 6.10 Å². The van der Waals surface area contributed by atoms with E-state index in [1.165, 1.54) is 0 Å². The van der Waals surface area contributed by atoms with Gasteiger partial charge in [0, 0.05) is 6.04 Å². The van der Waals surface area contributed by atoms with Crippen LogP contribution in [-0.4, -0.2) is 11.1 Å². The second-order valence-electron chi connectivity index (χ2n) is 4.18. The highest BCUT2D eigenvalue weighted by molar-refractivity contribution is 5.25. The standard InChI is InChI=1S/C12H19NO/c1-8(2)11(13)12(14)10-6-4-5-9(3)7-10/h4-8,11-12,14H,13H2,1-3H3/t11-,12+/m0/s1. The van der Waals surface area contributed by atoms with Crippen LogP contribution in [0, 0.1) is 12.8 Å². The first-order valence-electron chi connectivity index (χ1n) is 5.02. The summed E-state index contributed by atoms with van der Waals surface area (Å²) >= 11 is 0. The molecule has 14 heavy (non-hydrogen) atoms. The summed E-state index contributed by atoms with van der Waals surface area (Å²) < 4.78 is 0. The van der Waals surface area contributed by atoms with Crippen LogP contribution in [0.3, 0.4) is 0 Å². The van der Waals surface area contributed by atoms with E-state index in [1.807, 2.05) is 45.0 Å². The van der Waals surface area contributed by atoms with Crippen LogP contribution in [-0.2, 0) is 0 Å². The number of aryl methyl sites for hydroxylation is 1. The lowest BCUT2D eigenvalue weighted by atomic mass is 9.94. The molecule has 0 aliphatic carbocycles. The molecule has 0 radical (unpaired) electrons. The summed E-state index contributed by atoms with van der Waals surface area (Å²) in [6.45, 7) is 6.05. The maximum absolute atomic E-state index is 9.96. The zero-order valence-electron chi connectivity index (χ0n) is 9.07. The number of hydrogen-bond acceptors (Lipinski definition) is 2. The normalized spacial score (nSPS) is 15.6. The summed E-state index contributed by atoms with van der Waals surface area (Å²) in [4.78, 5) is 0. The van der Waals surface area contributed by atoms with Gasteiger partial charge in [-0.25, -0.2) is 0 Å². The van der Waals surface area contributed by atoms with Gasteiger partial charge in [0.1, 0.15) is 0 Å². The van der Waals surface area contributed by atoms with E-state index in [4.69, 9.17) is 5.73 Å². The monoisotopic (exact) mass is 193 g/mol. The number of benzene rings is 1. The van der Waals surface area contributed by atoms with E-state index in [1.54, 1.807) is 0 Å². The highest BCUT2D eigenvalue weighted by atomic mass is 16.3. The Hall–Kier alpha value is -0.860. The summed E-state index contributed by atoms with van der Waals surface area (Å²) in [5.74, 6) is 0.283. The van der Waals surface area contributed by atoms with Crippen molar-refractivity contribution < 1.29 is 5.11 Å². The first-order valence-corrected chi connectivity index (χ1v) is 5.02. The lowest BCUT2D eigenvalue weighted by Crippen LogP contribution is -2.33. The van der Waals surface area contributed by atoms with Crippen molar-refractivity contribution in [1.29, 1.82) is 0 Å². The Labute approximate surface area is 85.8 Å². The van der Waals surface area contributed by atoms with Crippen molar-refractivity contribution in [3.63, 3.8) is 0 Å². The van der Waals surface area contributed by atoms with Gasteiger partial charge in [-0.15, -0.1) is 0 Å². The SMILES string of the molecule is Cc1cccc([C@@H](O)[C@@H](N)C(C)C)c1. The molecule has 0 aliphatic heterocycles. The molecule has 1 rings (SSSR count). The second kappa shape index (κ2) is 4.58. The summed E-state index contributed by atoms with van der Waals surface area (Å²) in [5, 5.41) is 9.96. The molecule has 3 N–H and O–H groups in total. The minimum Gasteiger partial charge on any atom is -0.387 e. The molecule has 2 atom stereocenters. The summed E-state index contributed by atoms with van der Waals surface area (Å²) in [7, 11) is 0. The third-order valence-electron chi connectivity index (χ3n) is 2.52. The van der Waals surface area contributed by atoms with Crippen LogP contribution in [0.15, 0.2) is 24.3 Å². The minimum atomic E-state index is -0.560. The van der Waals surface area contributed by atoms with Gasteiger partial charge in [0.25, 0.3) is 0 Å². The van der Waals surface area contributed by atoms with Crippen molar-refractivity contribution in [2.75, 3.05) is 0 Å². The van der Waals surface area contributed by atoms with Gasteiger partial charge in [-0.3, -0.25) is 0 Å². The molecule has 0 spiro atoms. The Kier molecular flexibility index (Phi) is 3.67. The molecule has 2 nitrogen and oxygen atoms in total. The second-order valence-corrected chi connectivity index (χ2v) is 4.18. The van der Waals surface area contributed by atoms with Crippen molar-refractivity contribution in [3.05, 3.63) is 35.4 Å². The van der Waals surface area contributed by atoms with E-state index in [9.17, 15) is 5.11 Å². The molecule has 0 heterocycles. The van der Waals surface area contributed by atoms with Crippen LogP contribution in [0.25, 0.3) is 0 Å². The van der Waals surface area contributed by atoms with Gasteiger partial charge >= 0.3 is 0 Å². The number of aliphatic hydroxyl groups is 1.